The quantitative estimate of drug-likeness (QED) is 0.853. The molecule has 20 heavy (non-hydrogen) atoms. The molecule has 0 bridgehead atoms. The molecule has 1 N–H and O–H groups in total. The van der Waals surface area contributed by atoms with Gasteiger partial charge in [0.15, 0.2) is 10.9 Å². The van der Waals surface area contributed by atoms with Crippen molar-refractivity contribution in [1.82, 2.24) is 4.98 Å². The number of nitrogens with zero attached hydrogens (tertiary/aromatic N) is 1. The molecule has 1 aromatic carbocycles. The van der Waals surface area contributed by atoms with Gasteiger partial charge in [-0.15, -0.1) is 0 Å². The average Bonchev–Trinajstić information content (AvgIpc) is 2.69. The van der Waals surface area contributed by atoms with E-state index in [2.05, 4.69) is 10.3 Å². The van der Waals surface area contributed by atoms with E-state index >= 15 is 0 Å². The maximum Gasteiger partial charge on any atom is 0.416 e. The number of halogens is 3. The zero-order chi connectivity index (χ0) is 14.9. The number of rotatable bonds is 3. The molecule has 2 rings (SSSR count). The lowest BCUT2D eigenvalue weighted by Crippen LogP contribution is -2.05. The van der Waals surface area contributed by atoms with Gasteiger partial charge in [-0.3, -0.25) is 4.79 Å². The highest BCUT2D eigenvalue weighted by Crippen LogP contribution is 2.32. The first-order chi connectivity index (χ1) is 9.27. The van der Waals surface area contributed by atoms with Gasteiger partial charge in [-0.1, -0.05) is 17.4 Å². The predicted molar refractivity (Wildman–Crippen MR) is 71.6 cm³/mol. The molecule has 0 radical (unpaired) electrons. The summed E-state index contributed by atoms with van der Waals surface area (Å²) in [4.78, 5) is 15.9. The molecule has 3 nitrogen and oxygen atoms in total. The Labute approximate surface area is 117 Å². The number of carbonyl (C=O) groups is 1. The highest BCUT2D eigenvalue weighted by Gasteiger charge is 2.30. The number of carbonyl (C=O) groups excluding carboxylic acids is 1. The first-order valence-corrected chi connectivity index (χ1v) is 6.51. The van der Waals surface area contributed by atoms with Crippen LogP contribution < -0.4 is 5.32 Å². The lowest BCUT2D eigenvalue weighted by molar-refractivity contribution is -0.137. The van der Waals surface area contributed by atoms with Crippen LogP contribution in [0.25, 0.3) is 0 Å². The monoisotopic (exact) mass is 300 g/mol. The largest absolute Gasteiger partial charge is 0.416 e. The summed E-state index contributed by atoms with van der Waals surface area (Å²) in [7, 11) is 0. The van der Waals surface area contributed by atoms with E-state index in [1.54, 1.807) is 6.92 Å². The Morgan fingerprint density at radius 1 is 1.35 bits per heavy atom. The summed E-state index contributed by atoms with van der Waals surface area (Å²) in [6.45, 7) is 3.11. The number of Topliss-reactive ketones (excluding diaryl/α,β-unsaturated/α-hetero) is 1. The van der Waals surface area contributed by atoms with Crippen molar-refractivity contribution in [2.24, 2.45) is 0 Å². The van der Waals surface area contributed by atoms with Crippen LogP contribution >= 0.6 is 11.3 Å². The molecule has 106 valence electrons. The fraction of sp³-hybridized carbons (Fsp3) is 0.231. The van der Waals surface area contributed by atoms with E-state index in [-0.39, 0.29) is 11.5 Å². The van der Waals surface area contributed by atoms with Crippen LogP contribution in [-0.4, -0.2) is 10.8 Å². The number of hydrogen-bond acceptors (Lipinski definition) is 4. The zero-order valence-electron chi connectivity index (χ0n) is 10.7. The van der Waals surface area contributed by atoms with E-state index in [4.69, 9.17) is 0 Å². The summed E-state index contributed by atoms with van der Waals surface area (Å²) < 4.78 is 37.8. The Morgan fingerprint density at radius 3 is 2.60 bits per heavy atom. The van der Waals surface area contributed by atoms with Crippen LogP contribution in [0.5, 0.6) is 0 Å². The third-order valence-corrected chi connectivity index (χ3v) is 3.73. The number of ketones is 1. The Morgan fingerprint density at radius 2 is 2.05 bits per heavy atom. The lowest BCUT2D eigenvalue weighted by atomic mass is 10.2. The molecule has 2 aromatic rings. The summed E-state index contributed by atoms with van der Waals surface area (Å²) in [5.41, 5.74) is 0.114. The highest BCUT2D eigenvalue weighted by atomic mass is 32.1. The van der Waals surface area contributed by atoms with Gasteiger partial charge < -0.3 is 5.32 Å². The van der Waals surface area contributed by atoms with Gasteiger partial charge in [0, 0.05) is 12.6 Å². The van der Waals surface area contributed by atoms with Gasteiger partial charge in [0.1, 0.15) is 0 Å². The van der Waals surface area contributed by atoms with Crippen LogP contribution in [0, 0.1) is 6.92 Å². The summed E-state index contributed by atoms with van der Waals surface area (Å²) in [5, 5.41) is 3.18. The number of anilines is 2. The summed E-state index contributed by atoms with van der Waals surface area (Å²) in [5.74, 6) is -0.114. The van der Waals surface area contributed by atoms with Crippen LogP contribution in [0.4, 0.5) is 24.0 Å². The second-order valence-corrected chi connectivity index (χ2v) is 5.19. The Hall–Kier alpha value is -1.89. The number of nitrogens with one attached hydrogen (secondary N) is 1. The zero-order valence-corrected chi connectivity index (χ0v) is 11.5. The number of alkyl halides is 3. The van der Waals surface area contributed by atoms with Crippen LogP contribution in [-0.2, 0) is 6.18 Å². The third kappa shape index (κ3) is 3.16. The molecular weight excluding hydrogens is 289 g/mol. The molecule has 0 atom stereocenters. The fourth-order valence-corrected chi connectivity index (χ4v) is 2.56. The van der Waals surface area contributed by atoms with Crippen molar-refractivity contribution in [2.75, 3.05) is 5.32 Å². The number of aromatic nitrogens is 1. The van der Waals surface area contributed by atoms with E-state index in [0.29, 0.717) is 15.7 Å². The van der Waals surface area contributed by atoms with Crippen molar-refractivity contribution >= 4 is 27.9 Å². The van der Waals surface area contributed by atoms with E-state index in [1.807, 2.05) is 0 Å². The Kier molecular flexibility index (Phi) is 3.80. The maximum absolute atomic E-state index is 12.6. The van der Waals surface area contributed by atoms with Crippen molar-refractivity contribution in [3.05, 3.63) is 40.4 Å². The molecule has 0 saturated heterocycles. The van der Waals surface area contributed by atoms with E-state index < -0.39 is 11.7 Å². The Bertz CT molecular complexity index is 649. The SMILES string of the molecule is CC(=O)c1sc(Nc2cccc(C(F)(F)F)c2)nc1C. The normalized spacial score (nSPS) is 11.4. The standard InChI is InChI=1S/C13H11F3N2OS/c1-7-11(8(2)19)20-12(17-7)18-10-5-3-4-9(6-10)13(14,15)16/h3-6H,1-2H3,(H,17,18). The number of benzene rings is 1. The molecule has 0 aliphatic rings. The van der Waals surface area contributed by atoms with Crippen molar-refractivity contribution < 1.29 is 18.0 Å². The minimum absolute atomic E-state index is 0.114. The summed E-state index contributed by atoms with van der Waals surface area (Å²) in [6.07, 6.45) is -4.39. The summed E-state index contributed by atoms with van der Waals surface area (Å²) >= 11 is 1.12. The molecule has 0 saturated carbocycles. The molecule has 0 amide bonds. The highest BCUT2D eigenvalue weighted by molar-refractivity contribution is 7.17. The van der Waals surface area contributed by atoms with Gasteiger partial charge in [0.05, 0.1) is 16.1 Å². The van der Waals surface area contributed by atoms with Gasteiger partial charge in [-0.2, -0.15) is 13.2 Å². The minimum atomic E-state index is -4.39. The van der Waals surface area contributed by atoms with Crippen molar-refractivity contribution in [1.29, 1.82) is 0 Å². The van der Waals surface area contributed by atoms with Gasteiger partial charge in [0.2, 0.25) is 0 Å². The lowest BCUT2D eigenvalue weighted by Gasteiger charge is -2.08. The summed E-state index contributed by atoms with van der Waals surface area (Å²) in [6, 6.07) is 4.83. The number of aryl methyl sites for hydroxylation is 1. The molecular formula is C13H11F3N2OS. The number of thiazole rings is 1. The topological polar surface area (TPSA) is 42.0 Å². The molecule has 1 heterocycles. The van der Waals surface area contributed by atoms with Crippen LogP contribution in [0.2, 0.25) is 0 Å². The van der Waals surface area contributed by atoms with E-state index in [1.165, 1.54) is 19.1 Å². The molecule has 0 unspecified atom stereocenters. The first kappa shape index (κ1) is 14.5. The minimum Gasteiger partial charge on any atom is -0.332 e. The van der Waals surface area contributed by atoms with Crippen molar-refractivity contribution in [3.8, 4) is 0 Å². The molecule has 7 heteroatoms. The van der Waals surface area contributed by atoms with Gasteiger partial charge in [-0.25, -0.2) is 4.98 Å². The smallest absolute Gasteiger partial charge is 0.332 e. The second-order valence-electron chi connectivity index (χ2n) is 4.19. The van der Waals surface area contributed by atoms with Crippen molar-refractivity contribution in [2.45, 2.75) is 20.0 Å². The molecule has 1 aromatic heterocycles. The maximum atomic E-state index is 12.6. The van der Waals surface area contributed by atoms with Gasteiger partial charge in [-0.05, 0) is 25.1 Å². The van der Waals surface area contributed by atoms with Crippen LogP contribution in [0.15, 0.2) is 24.3 Å². The Balaban J connectivity index is 2.26. The van der Waals surface area contributed by atoms with Crippen molar-refractivity contribution in [3.63, 3.8) is 0 Å². The van der Waals surface area contributed by atoms with E-state index in [9.17, 15) is 18.0 Å². The van der Waals surface area contributed by atoms with Crippen LogP contribution in [0.3, 0.4) is 0 Å². The van der Waals surface area contributed by atoms with Gasteiger partial charge >= 0.3 is 6.18 Å². The van der Waals surface area contributed by atoms with Crippen LogP contribution in [0.1, 0.15) is 27.9 Å². The molecule has 0 fully saturated rings. The molecule has 0 spiro atoms. The predicted octanol–water partition coefficient (Wildman–Crippen LogP) is 4.42. The van der Waals surface area contributed by atoms with Gasteiger partial charge in [0.25, 0.3) is 0 Å². The average molecular weight is 300 g/mol. The van der Waals surface area contributed by atoms with E-state index in [0.717, 1.165) is 23.5 Å². The number of hydrogen-bond donors (Lipinski definition) is 1. The molecule has 0 aliphatic carbocycles. The molecule has 0 aliphatic heterocycles. The third-order valence-electron chi connectivity index (χ3n) is 2.56. The second kappa shape index (κ2) is 5.24. The first-order valence-electron chi connectivity index (χ1n) is 5.70. The fourth-order valence-electron chi connectivity index (χ4n) is 1.67.